The molecular formula is C8H6ClN3O2S. The Labute approximate surface area is 90.5 Å². The van der Waals surface area contributed by atoms with Crippen molar-refractivity contribution in [1.29, 1.82) is 0 Å². The van der Waals surface area contributed by atoms with Crippen LogP contribution >= 0.6 is 10.7 Å². The maximum atomic E-state index is 11.2. The van der Waals surface area contributed by atoms with Crippen molar-refractivity contribution in [3.8, 4) is 11.3 Å². The molecule has 0 fully saturated rings. The van der Waals surface area contributed by atoms with Crippen LogP contribution in [0.3, 0.4) is 0 Å². The first kappa shape index (κ1) is 10.1. The number of hydrogen-bond acceptors (Lipinski definition) is 4. The number of nitrogens with zero attached hydrogens (tertiary/aromatic N) is 2. The molecular weight excluding hydrogens is 238 g/mol. The third-order valence-corrected chi connectivity index (χ3v) is 3.17. The molecule has 0 aromatic carbocycles. The van der Waals surface area contributed by atoms with Crippen molar-refractivity contribution in [2.45, 2.75) is 4.90 Å². The molecule has 0 amide bonds. The minimum atomic E-state index is -3.78. The number of rotatable bonds is 2. The Morgan fingerprint density at radius 2 is 1.93 bits per heavy atom. The predicted molar refractivity (Wildman–Crippen MR) is 54.9 cm³/mol. The summed E-state index contributed by atoms with van der Waals surface area (Å²) in [4.78, 5) is 3.80. The van der Waals surface area contributed by atoms with Gasteiger partial charge in [-0.2, -0.15) is 5.10 Å². The van der Waals surface area contributed by atoms with Gasteiger partial charge in [0.05, 0.1) is 11.9 Å². The quantitative estimate of drug-likeness (QED) is 0.809. The van der Waals surface area contributed by atoms with Gasteiger partial charge in [0.1, 0.15) is 4.90 Å². The van der Waals surface area contributed by atoms with Crippen molar-refractivity contribution in [3.63, 3.8) is 0 Å². The molecule has 15 heavy (non-hydrogen) atoms. The summed E-state index contributed by atoms with van der Waals surface area (Å²) in [5.41, 5.74) is 1.04. The van der Waals surface area contributed by atoms with E-state index in [2.05, 4.69) is 15.2 Å². The fourth-order valence-electron chi connectivity index (χ4n) is 1.19. The maximum absolute atomic E-state index is 11.2. The Bertz CT molecular complexity index is 565. The van der Waals surface area contributed by atoms with E-state index in [1.54, 1.807) is 24.5 Å². The highest BCUT2D eigenvalue weighted by Crippen LogP contribution is 2.26. The molecule has 0 bridgehead atoms. The predicted octanol–water partition coefficient (Wildman–Crippen LogP) is 1.40. The van der Waals surface area contributed by atoms with Crippen LogP contribution < -0.4 is 0 Å². The van der Waals surface area contributed by atoms with E-state index in [4.69, 9.17) is 10.7 Å². The van der Waals surface area contributed by atoms with Gasteiger partial charge in [-0.3, -0.25) is 10.1 Å². The molecule has 0 saturated heterocycles. The van der Waals surface area contributed by atoms with Crippen LogP contribution in [-0.4, -0.2) is 23.6 Å². The van der Waals surface area contributed by atoms with Crippen molar-refractivity contribution in [3.05, 3.63) is 30.7 Å². The minimum absolute atomic E-state index is 0.0321. The standard InChI is InChI=1S/C8H6ClN3O2S/c9-15(13,14)7-5-11-12-8(7)6-1-3-10-4-2-6/h1-5H,(H,11,12). The Kier molecular flexibility index (Phi) is 2.45. The lowest BCUT2D eigenvalue weighted by Crippen LogP contribution is -1.91. The fourth-order valence-corrected chi connectivity index (χ4v) is 2.12. The molecule has 0 atom stereocenters. The average molecular weight is 244 g/mol. The number of aromatic amines is 1. The smallest absolute Gasteiger partial charge is 0.265 e. The van der Waals surface area contributed by atoms with Crippen molar-refractivity contribution in [2.24, 2.45) is 0 Å². The van der Waals surface area contributed by atoms with Gasteiger partial charge in [-0.05, 0) is 12.1 Å². The van der Waals surface area contributed by atoms with Crippen molar-refractivity contribution >= 4 is 19.7 Å². The van der Waals surface area contributed by atoms with E-state index in [-0.39, 0.29) is 4.90 Å². The molecule has 7 heteroatoms. The second-order valence-corrected chi connectivity index (χ2v) is 5.32. The maximum Gasteiger partial charge on any atom is 0.265 e. The van der Waals surface area contributed by atoms with E-state index in [1.807, 2.05) is 0 Å². The molecule has 0 spiro atoms. The number of halogens is 1. The topological polar surface area (TPSA) is 75.7 Å². The molecule has 0 radical (unpaired) electrons. The minimum Gasteiger partial charge on any atom is -0.276 e. The van der Waals surface area contributed by atoms with Crippen molar-refractivity contribution in [2.75, 3.05) is 0 Å². The summed E-state index contributed by atoms with van der Waals surface area (Å²) in [7, 11) is 1.47. The van der Waals surface area contributed by atoms with Gasteiger partial charge in [0.2, 0.25) is 0 Å². The van der Waals surface area contributed by atoms with Crippen LogP contribution in [0, 0.1) is 0 Å². The zero-order chi connectivity index (χ0) is 10.9. The van der Waals surface area contributed by atoms with E-state index < -0.39 is 9.05 Å². The molecule has 2 aromatic rings. The van der Waals surface area contributed by atoms with Gasteiger partial charge >= 0.3 is 0 Å². The summed E-state index contributed by atoms with van der Waals surface area (Å²) >= 11 is 0. The molecule has 78 valence electrons. The highest BCUT2D eigenvalue weighted by molar-refractivity contribution is 8.13. The average Bonchev–Trinajstić information content (AvgIpc) is 2.67. The first-order valence-electron chi connectivity index (χ1n) is 3.97. The summed E-state index contributed by atoms with van der Waals surface area (Å²) in [6.45, 7) is 0. The van der Waals surface area contributed by atoms with Crippen LogP contribution in [0.25, 0.3) is 11.3 Å². The molecule has 0 aliphatic rings. The Balaban J connectivity index is 2.61. The zero-order valence-electron chi connectivity index (χ0n) is 7.38. The second-order valence-electron chi connectivity index (χ2n) is 2.78. The molecule has 1 N–H and O–H groups in total. The van der Waals surface area contributed by atoms with Crippen LogP contribution in [-0.2, 0) is 9.05 Å². The summed E-state index contributed by atoms with van der Waals surface area (Å²) in [5.74, 6) is 0. The highest BCUT2D eigenvalue weighted by atomic mass is 35.7. The molecule has 0 saturated carbocycles. The van der Waals surface area contributed by atoms with Gasteiger partial charge in [-0.1, -0.05) is 0 Å². The number of nitrogens with one attached hydrogen (secondary N) is 1. The van der Waals surface area contributed by atoms with Crippen molar-refractivity contribution < 1.29 is 8.42 Å². The van der Waals surface area contributed by atoms with Crippen LogP contribution in [0.4, 0.5) is 0 Å². The highest BCUT2D eigenvalue weighted by Gasteiger charge is 2.18. The fraction of sp³-hybridized carbons (Fsp3) is 0. The van der Waals surface area contributed by atoms with Gasteiger partial charge < -0.3 is 0 Å². The second kappa shape index (κ2) is 3.63. The van der Waals surface area contributed by atoms with E-state index in [1.165, 1.54) is 6.20 Å². The lowest BCUT2D eigenvalue weighted by molar-refractivity contribution is 0.610. The number of hydrogen-bond donors (Lipinski definition) is 1. The van der Waals surface area contributed by atoms with E-state index in [0.29, 0.717) is 11.3 Å². The SMILES string of the molecule is O=S(=O)(Cl)c1cn[nH]c1-c1ccncc1. The molecule has 2 rings (SSSR count). The lowest BCUT2D eigenvalue weighted by Gasteiger charge is -1.98. The molecule has 5 nitrogen and oxygen atoms in total. The normalized spacial score (nSPS) is 11.5. The van der Waals surface area contributed by atoms with E-state index >= 15 is 0 Å². The van der Waals surface area contributed by atoms with E-state index in [0.717, 1.165) is 0 Å². The Hall–Kier alpha value is -1.40. The summed E-state index contributed by atoms with van der Waals surface area (Å²) in [5, 5.41) is 6.24. The largest absolute Gasteiger partial charge is 0.276 e. The molecule has 0 aliphatic heterocycles. The van der Waals surface area contributed by atoms with Crippen LogP contribution in [0.15, 0.2) is 35.6 Å². The van der Waals surface area contributed by atoms with Crippen LogP contribution in [0.2, 0.25) is 0 Å². The zero-order valence-corrected chi connectivity index (χ0v) is 8.96. The Morgan fingerprint density at radius 1 is 1.27 bits per heavy atom. The van der Waals surface area contributed by atoms with Crippen LogP contribution in [0.5, 0.6) is 0 Å². The van der Waals surface area contributed by atoms with Gasteiger partial charge in [0, 0.05) is 28.6 Å². The first-order chi connectivity index (χ1) is 7.09. The third kappa shape index (κ3) is 2.00. The summed E-state index contributed by atoms with van der Waals surface area (Å²) in [6.07, 6.45) is 4.29. The van der Waals surface area contributed by atoms with Gasteiger partial charge in [0.25, 0.3) is 9.05 Å². The van der Waals surface area contributed by atoms with Crippen LogP contribution in [0.1, 0.15) is 0 Å². The number of H-pyrrole nitrogens is 1. The Morgan fingerprint density at radius 3 is 2.53 bits per heavy atom. The molecule has 0 aliphatic carbocycles. The third-order valence-electron chi connectivity index (χ3n) is 1.84. The molecule has 2 heterocycles. The lowest BCUT2D eigenvalue weighted by atomic mass is 10.2. The van der Waals surface area contributed by atoms with Gasteiger partial charge in [-0.15, -0.1) is 0 Å². The summed E-state index contributed by atoms with van der Waals surface area (Å²) < 4.78 is 22.4. The molecule has 0 unspecified atom stereocenters. The number of pyridine rings is 1. The van der Waals surface area contributed by atoms with Crippen molar-refractivity contribution in [1.82, 2.24) is 15.2 Å². The molecule has 2 aromatic heterocycles. The van der Waals surface area contributed by atoms with Gasteiger partial charge in [0.15, 0.2) is 0 Å². The first-order valence-corrected chi connectivity index (χ1v) is 6.28. The van der Waals surface area contributed by atoms with E-state index in [9.17, 15) is 8.42 Å². The van der Waals surface area contributed by atoms with Gasteiger partial charge in [-0.25, -0.2) is 8.42 Å². The number of aromatic nitrogens is 3. The monoisotopic (exact) mass is 243 g/mol. The summed E-state index contributed by atoms with van der Waals surface area (Å²) in [6, 6.07) is 3.33.